The van der Waals surface area contributed by atoms with Crippen molar-refractivity contribution in [3.8, 4) is 0 Å². The maximum atomic E-state index is 3.74. The molecule has 1 nitrogen and oxygen atoms in total. The molecular weight excluding hydrogens is 214 g/mol. The molecule has 0 aromatic carbocycles. The van der Waals surface area contributed by atoms with E-state index in [1.54, 1.807) is 0 Å². The SMILES string of the molecule is CC(C)CC(NCCC1CC1)c1cccs1. The van der Waals surface area contributed by atoms with E-state index in [0.717, 1.165) is 11.8 Å². The van der Waals surface area contributed by atoms with Crippen LogP contribution in [0.25, 0.3) is 0 Å². The van der Waals surface area contributed by atoms with E-state index in [-0.39, 0.29) is 0 Å². The minimum absolute atomic E-state index is 0.582. The molecule has 1 atom stereocenters. The number of hydrogen-bond donors (Lipinski definition) is 1. The van der Waals surface area contributed by atoms with Crippen LogP contribution in [0.4, 0.5) is 0 Å². The molecule has 0 saturated heterocycles. The van der Waals surface area contributed by atoms with E-state index in [1.807, 2.05) is 11.3 Å². The van der Waals surface area contributed by atoms with Gasteiger partial charge in [0.05, 0.1) is 0 Å². The van der Waals surface area contributed by atoms with Crippen LogP contribution in [0.1, 0.15) is 50.4 Å². The Kier molecular flexibility index (Phi) is 4.42. The Hall–Kier alpha value is -0.340. The Labute approximate surface area is 103 Å². The van der Waals surface area contributed by atoms with Gasteiger partial charge in [-0.05, 0) is 42.7 Å². The van der Waals surface area contributed by atoms with Gasteiger partial charge < -0.3 is 5.32 Å². The van der Waals surface area contributed by atoms with Crippen LogP contribution in [0.15, 0.2) is 17.5 Å². The maximum absolute atomic E-state index is 3.74. The molecular formula is C14H23NS. The minimum atomic E-state index is 0.582. The first-order chi connectivity index (χ1) is 7.75. The van der Waals surface area contributed by atoms with Crippen molar-refractivity contribution in [1.29, 1.82) is 0 Å². The molecule has 1 aromatic heterocycles. The monoisotopic (exact) mass is 237 g/mol. The highest BCUT2D eigenvalue weighted by Gasteiger charge is 2.21. The number of nitrogens with one attached hydrogen (secondary N) is 1. The predicted octanol–water partition coefficient (Wildman–Crippen LogP) is 4.23. The standard InChI is InChI=1S/C14H23NS/c1-11(2)10-13(14-4-3-9-16-14)15-8-7-12-5-6-12/h3-4,9,11-13,15H,5-8,10H2,1-2H3. The predicted molar refractivity (Wildman–Crippen MR) is 71.9 cm³/mol. The smallest absolute Gasteiger partial charge is 0.0417 e. The Morgan fingerprint density at radius 3 is 2.81 bits per heavy atom. The van der Waals surface area contributed by atoms with Gasteiger partial charge in [0, 0.05) is 10.9 Å². The van der Waals surface area contributed by atoms with E-state index in [0.29, 0.717) is 6.04 Å². The molecule has 2 heteroatoms. The molecule has 1 saturated carbocycles. The van der Waals surface area contributed by atoms with E-state index in [1.165, 1.54) is 37.1 Å². The molecule has 0 amide bonds. The first-order valence-electron chi connectivity index (χ1n) is 6.52. The molecule has 1 unspecified atom stereocenters. The van der Waals surface area contributed by atoms with Crippen molar-refractivity contribution in [2.24, 2.45) is 11.8 Å². The first-order valence-corrected chi connectivity index (χ1v) is 7.40. The minimum Gasteiger partial charge on any atom is -0.309 e. The molecule has 1 aromatic rings. The molecule has 2 rings (SSSR count). The Balaban J connectivity index is 1.81. The summed E-state index contributed by atoms with van der Waals surface area (Å²) in [6.45, 7) is 5.81. The molecule has 1 aliphatic rings. The van der Waals surface area contributed by atoms with Gasteiger partial charge in [-0.3, -0.25) is 0 Å². The van der Waals surface area contributed by atoms with E-state index >= 15 is 0 Å². The van der Waals surface area contributed by atoms with Gasteiger partial charge in [-0.2, -0.15) is 0 Å². The molecule has 0 bridgehead atoms. The zero-order chi connectivity index (χ0) is 11.4. The third-order valence-corrected chi connectivity index (χ3v) is 4.22. The lowest BCUT2D eigenvalue weighted by atomic mass is 10.0. The summed E-state index contributed by atoms with van der Waals surface area (Å²) < 4.78 is 0. The largest absolute Gasteiger partial charge is 0.309 e. The van der Waals surface area contributed by atoms with Crippen molar-refractivity contribution in [1.82, 2.24) is 5.32 Å². The highest BCUT2D eigenvalue weighted by molar-refractivity contribution is 7.10. The fourth-order valence-corrected chi connectivity index (χ4v) is 2.94. The van der Waals surface area contributed by atoms with Crippen LogP contribution in [-0.2, 0) is 0 Å². The molecule has 1 N–H and O–H groups in total. The summed E-state index contributed by atoms with van der Waals surface area (Å²) in [6, 6.07) is 5.01. The Morgan fingerprint density at radius 2 is 2.25 bits per heavy atom. The summed E-state index contributed by atoms with van der Waals surface area (Å²) in [5, 5.41) is 5.92. The maximum Gasteiger partial charge on any atom is 0.0417 e. The topological polar surface area (TPSA) is 12.0 Å². The summed E-state index contributed by atoms with van der Waals surface area (Å²) in [5.74, 6) is 1.80. The van der Waals surface area contributed by atoms with Crippen molar-refractivity contribution < 1.29 is 0 Å². The lowest BCUT2D eigenvalue weighted by Crippen LogP contribution is -2.23. The zero-order valence-corrected chi connectivity index (χ0v) is 11.2. The van der Waals surface area contributed by atoms with Crippen molar-refractivity contribution in [2.45, 2.75) is 45.6 Å². The molecule has 0 spiro atoms. The summed E-state index contributed by atoms with van der Waals surface area (Å²) in [4.78, 5) is 1.50. The first kappa shape index (κ1) is 12.1. The Morgan fingerprint density at radius 1 is 1.44 bits per heavy atom. The third-order valence-electron chi connectivity index (χ3n) is 3.23. The highest BCUT2D eigenvalue weighted by atomic mass is 32.1. The number of rotatable bonds is 7. The van der Waals surface area contributed by atoms with Crippen LogP contribution in [0.3, 0.4) is 0 Å². The number of thiophene rings is 1. The van der Waals surface area contributed by atoms with Gasteiger partial charge in [0.2, 0.25) is 0 Å². The third kappa shape index (κ3) is 3.91. The van der Waals surface area contributed by atoms with Crippen LogP contribution in [0, 0.1) is 11.8 Å². The summed E-state index contributed by atoms with van der Waals surface area (Å²) in [5.41, 5.74) is 0. The lowest BCUT2D eigenvalue weighted by Gasteiger charge is -2.19. The fraction of sp³-hybridized carbons (Fsp3) is 0.714. The number of hydrogen-bond acceptors (Lipinski definition) is 2. The van der Waals surface area contributed by atoms with Crippen molar-refractivity contribution in [3.05, 3.63) is 22.4 Å². The van der Waals surface area contributed by atoms with Crippen LogP contribution >= 0.6 is 11.3 Å². The average molecular weight is 237 g/mol. The van der Waals surface area contributed by atoms with Gasteiger partial charge in [0.25, 0.3) is 0 Å². The molecule has 1 aliphatic carbocycles. The second-order valence-corrected chi connectivity index (χ2v) is 6.36. The summed E-state index contributed by atoms with van der Waals surface area (Å²) in [7, 11) is 0. The van der Waals surface area contributed by atoms with Crippen LogP contribution < -0.4 is 5.32 Å². The van der Waals surface area contributed by atoms with E-state index in [9.17, 15) is 0 Å². The molecule has 16 heavy (non-hydrogen) atoms. The lowest BCUT2D eigenvalue weighted by molar-refractivity contribution is 0.427. The van der Waals surface area contributed by atoms with Crippen LogP contribution in [0.5, 0.6) is 0 Å². The zero-order valence-electron chi connectivity index (χ0n) is 10.4. The van der Waals surface area contributed by atoms with Gasteiger partial charge in [0.1, 0.15) is 0 Å². The van der Waals surface area contributed by atoms with Gasteiger partial charge >= 0.3 is 0 Å². The molecule has 90 valence electrons. The Bertz CT molecular complexity index is 288. The van der Waals surface area contributed by atoms with Crippen molar-refractivity contribution in [3.63, 3.8) is 0 Å². The summed E-state index contributed by atoms with van der Waals surface area (Å²) in [6.07, 6.45) is 5.57. The van der Waals surface area contributed by atoms with Crippen molar-refractivity contribution in [2.75, 3.05) is 6.54 Å². The van der Waals surface area contributed by atoms with E-state index in [4.69, 9.17) is 0 Å². The molecule has 1 fully saturated rings. The van der Waals surface area contributed by atoms with E-state index < -0.39 is 0 Å². The van der Waals surface area contributed by atoms with Gasteiger partial charge in [-0.1, -0.05) is 32.8 Å². The van der Waals surface area contributed by atoms with Gasteiger partial charge in [-0.15, -0.1) is 11.3 Å². The normalized spacial score (nSPS) is 17.9. The fourth-order valence-electron chi connectivity index (χ4n) is 2.13. The molecule has 0 aliphatic heterocycles. The van der Waals surface area contributed by atoms with Crippen molar-refractivity contribution >= 4 is 11.3 Å². The second-order valence-electron chi connectivity index (χ2n) is 5.38. The van der Waals surface area contributed by atoms with Crippen LogP contribution in [0.2, 0.25) is 0 Å². The highest BCUT2D eigenvalue weighted by Crippen LogP contribution is 2.32. The van der Waals surface area contributed by atoms with E-state index in [2.05, 4.69) is 36.7 Å². The van der Waals surface area contributed by atoms with Gasteiger partial charge in [-0.25, -0.2) is 0 Å². The molecule has 0 radical (unpaired) electrons. The quantitative estimate of drug-likeness (QED) is 0.748. The second kappa shape index (κ2) is 5.83. The van der Waals surface area contributed by atoms with Gasteiger partial charge in [0.15, 0.2) is 0 Å². The molecule has 1 heterocycles. The average Bonchev–Trinajstić information content (AvgIpc) is 2.90. The summed E-state index contributed by atoms with van der Waals surface area (Å²) >= 11 is 1.88. The van der Waals surface area contributed by atoms with Crippen LogP contribution in [-0.4, -0.2) is 6.54 Å².